The van der Waals surface area contributed by atoms with Crippen molar-refractivity contribution in [2.45, 2.75) is 58.7 Å². The average Bonchev–Trinajstić information content (AvgIpc) is 2.21. The summed E-state index contributed by atoms with van der Waals surface area (Å²) in [6, 6.07) is 0. The predicted molar refractivity (Wildman–Crippen MR) is 58.8 cm³/mol. The van der Waals surface area contributed by atoms with Crippen LogP contribution in [0.1, 0.15) is 47.5 Å². The Bertz CT molecular complexity index is 244. The van der Waals surface area contributed by atoms with Crippen molar-refractivity contribution in [1.82, 2.24) is 0 Å². The van der Waals surface area contributed by atoms with Gasteiger partial charge in [0.1, 0.15) is 0 Å². The molecule has 0 bridgehead atoms. The van der Waals surface area contributed by atoms with Crippen LogP contribution in [0.5, 0.6) is 0 Å². The fourth-order valence-electron chi connectivity index (χ4n) is 1.18. The van der Waals surface area contributed by atoms with Crippen LogP contribution in [-0.4, -0.2) is 18.3 Å². The summed E-state index contributed by atoms with van der Waals surface area (Å²) in [5, 5.41) is 0. The standard InChI is InChI=1S/C11H19BO2/c1-6-7-8-9-12-13-10(2,3)11(4,5)14-12/h6-7H2,1-5H3. The molecule has 1 fully saturated rings. The highest BCUT2D eigenvalue weighted by Crippen LogP contribution is 2.36. The lowest BCUT2D eigenvalue weighted by Crippen LogP contribution is -2.41. The lowest BCUT2D eigenvalue weighted by atomic mass is 9.90. The first-order valence-electron chi connectivity index (χ1n) is 5.23. The van der Waals surface area contributed by atoms with Gasteiger partial charge in [0.2, 0.25) is 0 Å². The molecule has 0 aromatic rings. The Balaban J connectivity index is 2.61. The Morgan fingerprint density at radius 3 is 2.00 bits per heavy atom. The molecule has 78 valence electrons. The van der Waals surface area contributed by atoms with Gasteiger partial charge in [0, 0.05) is 6.42 Å². The van der Waals surface area contributed by atoms with Crippen molar-refractivity contribution in [2.75, 3.05) is 0 Å². The first-order valence-corrected chi connectivity index (χ1v) is 5.23. The van der Waals surface area contributed by atoms with Crippen LogP contribution >= 0.6 is 0 Å². The molecule has 0 unspecified atom stereocenters. The van der Waals surface area contributed by atoms with E-state index in [0.29, 0.717) is 0 Å². The van der Waals surface area contributed by atoms with E-state index in [-0.39, 0.29) is 18.3 Å². The molecule has 0 radical (unpaired) electrons. The molecule has 0 amide bonds. The van der Waals surface area contributed by atoms with Gasteiger partial charge in [0.15, 0.2) is 0 Å². The smallest absolute Gasteiger partial charge is 0.392 e. The maximum atomic E-state index is 5.71. The molecule has 0 aromatic heterocycles. The van der Waals surface area contributed by atoms with Crippen LogP contribution in [0.25, 0.3) is 0 Å². The monoisotopic (exact) mass is 194 g/mol. The minimum atomic E-state index is -0.355. The third-order valence-corrected chi connectivity index (χ3v) is 2.85. The summed E-state index contributed by atoms with van der Waals surface area (Å²) in [5.41, 5.74) is -0.531. The largest absolute Gasteiger partial charge is 0.551 e. The zero-order valence-corrected chi connectivity index (χ0v) is 9.81. The molecule has 0 N–H and O–H groups in total. The molecule has 0 aromatic carbocycles. The molecular weight excluding hydrogens is 175 g/mol. The summed E-state index contributed by atoms with van der Waals surface area (Å²) < 4.78 is 11.4. The van der Waals surface area contributed by atoms with Gasteiger partial charge < -0.3 is 9.31 Å². The average molecular weight is 194 g/mol. The van der Waals surface area contributed by atoms with Gasteiger partial charge in [0.25, 0.3) is 0 Å². The van der Waals surface area contributed by atoms with E-state index in [1.807, 2.05) is 27.7 Å². The number of unbranched alkanes of at least 4 members (excludes halogenated alkanes) is 1. The van der Waals surface area contributed by atoms with Crippen LogP contribution in [-0.2, 0) is 9.31 Å². The van der Waals surface area contributed by atoms with Gasteiger partial charge in [0.05, 0.1) is 11.2 Å². The van der Waals surface area contributed by atoms with Gasteiger partial charge in [-0.2, -0.15) is 0 Å². The van der Waals surface area contributed by atoms with Crippen LogP contribution in [0, 0.1) is 11.7 Å². The Morgan fingerprint density at radius 1 is 1.07 bits per heavy atom. The molecule has 1 saturated heterocycles. The van der Waals surface area contributed by atoms with E-state index in [1.165, 1.54) is 0 Å². The van der Waals surface area contributed by atoms with Crippen LogP contribution in [0.4, 0.5) is 0 Å². The van der Waals surface area contributed by atoms with Crippen molar-refractivity contribution in [3.8, 4) is 11.7 Å². The minimum Gasteiger partial charge on any atom is -0.392 e. The molecule has 3 heteroatoms. The van der Waals surface area contributed by atoms with Crippen molar-refractivity contribution < 1.29 is 9.31 Å². The van der Waals surface area contributed by atoms with Gasteiger partial charge >= 0.3 is 7.12 Å². The first-order chi connectivity index (χ1) is 6.39. The Labute approximate surface area is 87.5 Å². The van der Waals surface area contributed by atoms with Crippen molar-refractivity contribution in [2.24, 2.45) is 0 Å². The quantitative estimate of drug-likeness (QED) is 0.471. The van der Waals surface area contributed by atoms with Gasteiger partial charge in [-0.15, -0.1) is 5.92 Å². The summed E-state index contributed by atoms with van der Waals surface area (Å²) in [6.07, 6.45) is 1.98. The molecule has 1 rings (SSSR count). The van der Waals surface area contributed by atoms with Gasteiger partial charge in [-0.25, -0.2) is 0 Å². The summed E-state index contributed by atoms with van der Waals surface area (Å²) in [4.78, 5) is 0. The van der Waals surface area contributed by atoms with E-state index < -0.39 is 0 Å². The van der Waals surface area contributed by atoms with E-state index in [9.17, 15) is 0 Å². The highest BCUT2D eigenvalue weighted by atomic mass is 16.7. The maximum Gasteiger partial charge on any atom is 0.551 e. The molecule has 14 heavy (non-hydrogen) atoms. The Hall–Kier alpha value is -0.455. The fraction of sp³-hybridized carbons (Fsp3) is 0.818. The van der Waals surface area contributed by atoms with Crippen molar-refractivity contribution in [1.29, 1.82) is 0 Å². The van der Waals surface area contributed by atoms with Gasteiger partial charge in [-0.05, 0) is 34.1 Å². The van der Waals surface area contributed by atoms with Crippen LogP contribution < -0.4 is 0 Å². The van der Waals surface area contributed by atoms with Crippen LogP contribution in [0.3, 0.4) is 0 Å². The molecule has 0 spiro atoms. The molecule has 1 heterocycles. The van der Waals surface area contributed by atoms with Gasteiger partial charge in [-0.1, -0.05) is 12.7 Å². The van der Waals surface area contributed by atoms with E-state index >= 15 is 0 Å². The topological polar surface area (TPSA) is 18.5 Å². The zero-order valence-electron chi connectivity index (χ0n) is 9.81. The second-order valence-electron chi connectivity index (χ2n) is 4.66. The molecule has 2 nitrogen and oxygen atoms in total. The van der Waals surface area contributed by atoms with Gasteiger partial charge in [-0.3, -0.25) is 0 Å². The van der Waals surface area contributed by atoms with E-state index in [0.717, 1.165) is 12.8 Å². The van der Waals surface area contributed by atoms with Crippen molar-refractivity contribution >= 4 is 7.12 Å². The highest BCUT2D eigenvalue weighted by Gasteiger charge is 2.50. The predicted octanol–water partition coefficient (Wildman–Crippen LogP) is 2.42. The Kier molecular flexibility index (Phi) is 3.29. The number of hydrogen-bond donors (Lipinski definition) is 0. The van der Waals surface area contributed by atoms with Crippen molar-refractivity contribution in [3.63, 3.8) is 0 Å². The van der Waals surface area contributed by atoms with Crippen LogP contribution in [0.15, 0.2) is 0 Å². The van der Waals surface area contributed by atoms with E-state index in [1.54, 1.807) is 0 Å². The molecule has 1 aliphatic heterocycles. The molecular formula is C11H19BO2. The van der Waals surface area contributed by atoms with E-state index in [4.69, 9.17) is 9.31 Å². The summed E-state index contributed by atoms with van der Waals surface area (Å²) in [5.74, 6) is 6.05. The van der Waals surface area contributed by atoms with E-state index in [2.05, 4.69) is 18.7 Å². The summed E-state index contributed by atoms with van der Waals surface area (Å²) in [6.45, 7) is 10.3. The third-order valence-electron chi connectivity index (χ3n) is 2.85. The number of hydrogen-bond acceptors (Lipinski definition) is 2. The maximum absolute atomic E-state index is 5.71. The number of rotatable bonds is 1. The molecule has 0 aliphatic carbocycles. The minimum absolute atomic E-state index is 0.265. The molecule has 0 saturated carbocycles. The lowest BCUT2D eigenvalue weighted by Gasteiger charge is -2.32. The second kappa shape index (κ2) is 3.96. The van der Waals surface area contributed by atoms with Crippen molar-refractivity contribution in [3.05, 3.63) is 0 Å². The Morgan fingerprint density at radius 2 is 1.57 bits per heavy atom. The highest BCUT2D eigenvalue weighted by molar-refractivity contribution is 6.55. The SMILES string of the molecule is CCCC#CB1OC(C)(C)C(C)(C)O1. The second-order valence-corrected chi connectivity index (χ2v) is 4.66. The van der Waals surface area contributed by atoms with Crippen LogP contribution in [0.2, 0.25) is 0 Å². The third kappa shape index (κ3) is 2.32. The first kappa shape index (κ1) is 11.6. The lowest BCUT2D eigenvalue weighted by molar-refractivity contribution is 0.00578. The summed E-state index contributed by atoms with van der Waals surface area (Å²) in [7, 11) is -0.355. The molecule has 1 aliphatic rings. The zero-order chi connectivity index (χ0) is 10.8. The summed E-state index contributed by atoms with van der Waals surface area (Å²) >= 11 is 0. The fourth-order valence-corrected chi connectivity index (χ4v) is 1.18. The molecule has 0 atom stereocenters. The normalized spacial score (nSPS) is 23.1.